The third-order valence-corrected chi connectivity index (χ3v) is 4.38. The Labute approximate surface area is 147 Å². The van der Waals surface area contributed by atoms with Crippen LogP contribution in [0.2, 0.25) is 5.02 Å². The number of nitrogens with zero attached hydrogens (tertiary/aromatic N) is 3. The van der Waals surface area contributed by atoms with E-state index in [1.165, 1.54) is 12.8 Å². The van der Waals surface area contributed by atoms with E-state index in [1.807, 2.05) is 31.3 Å². The Morgan fingerprint density at radius 3 is 2.61 bits per heavy atom. The van der Waals surface area contributed by atoms with Gasteiger partial charge in [0.05, 0.1) is 6.54 Å². The minimum Gasteiger partial charge on any atom is -0.338 e. The topological polar surface area (TPSA) is 54.2 Å². The lowest BCUT2D eigenvalue weighted by atomic mass is 9.97. The first-order valence-corrected chi connectivity index (χ1v) is 8.08. The molecular formula is C16H22Cl2N4O. The SMILES string of the molecule is CNCC1CCN(Cc2nc(-c3ccc(Cl)cc3)no2)CC1.Cl. The fourth-order valence-corrected chi connectivity index (χ4v) is 2.99. The summed E-state index contributed by atoms with van der Waals surface area (Å²) >= 11 is 5.89. The number of nitrogens with one attached hydrogen (secondary N) is 1. The van der Waals surface area contributed by atoms with Gasteiger partial charge in [0.15, 0.2) is 0 Å². The van der Waals surface area contributed by atoms with Crippen molar-refractivity contribution in [2.45, 2.75) is 19.4 Å². The third-order valence-electron chi connectivity index (χ3n) is 4.13. The minimum absolute atomic E-state index is 0. The number of hydrogen-bond donors (Lipinski definition) is 1. The zero-order valence-corrected chi connectivity index (χ0v) is 14.7. The van der Waals surface area contributed by atoms with Gasteiger partial charge in [-0.25, -0.2) is 0 Å². The van der Waals surface area contributed by atoms with Crippen molar-refractivity contribution >= 4 is 24.0 Å². The van der Waals surface area contributed by atoms with Gasteiger partial charge in [0, 0.05) is 10.6 Å². The first-order valence-electron chi connectivity index (χ1n) is 7.70. The highest BCUT2D eigenvalue weighted by Crippen LogP contribution is 2.21. The molecule has 1 aromatic heterocycles. The highest BCUT2D eigenvalue weighted by Gasteiger charge is 2.20. The van der Waals surface area contributed by atoms with Gasteiger partial charge in [0.1, 0.15) is 0 Å². The van der Waals surface area contributed by atoms with Crippen LogP contribution in [-0.2, 0) is 6.54 Å². The number of likely N-dealkylation sites (tertiary alicyclic amines) is 1. The Kier molecular flexibility index (Phi) is 6.84. The van der Waals surface area contributed by atoms with Crippen LogP contribution in [0.3, 0.4) is 0 Å². The predicted molar refractivity (Wildman–Crippen MR) is 93.9 cm³/mol. The average Bonchev–Trinajstić information content (AvgIpc) is 2.99. The molecule has 5 nitrogen and oxygen atoms in total. The Morgan fingerprint density at radius 2 is 1.96 bits per heavy atom. The number of hydrogen-bond acceptors (Lipinski definition) is 5. The van der Waals surface area contributed by atoms with Crippen LogP contribution in [0.15, 0.2) is 28.8 Å². The Morgan fingerprint density at radius 1 is 1.26 bits per heavy atom. The van der Waals surface area contributed by atoms with Crippen LogP contribution < -0.4 is 5.32 Å². The van der Waals surface area contributed by atoms with Gasteiger partial charge in [0.25, 0.3) is 0 Å². The van der Waals surface area contributed by atoms with Crippen molar-refractivity contribution in [3.05, 3.63) is 35.2 Å². The Balaban J connectivity index is 0.00000192. The van der Waals surface area contributed by atoms with Crippen LogP contribution in [0.4, 0.5) is 0 Å². The van der Waals surface area contributed by atoms with Crippen molar-refractivity contribution in [2.24, 2.45) is 5.92 Å². The molecule has 0 saturated carbocycles. The molecule has 0 bridgehead atoms. The van der Waals surface area contributed by atoms with Gasteiger partial charge in [-0.3, -0.25) is 4.90 Å². The monoisotopic (exact) mass is 356 g/mol. The summed E-state index contributed by atoms with van der Waals surface area (Å²) in [7, 11) is 2.02. The second-order valence-corrected chi connectivity index (χ2v) is 6.23. The van der Waals surface area contributed by atoms with E-state index in [0.717, 1.165) is 37.7 Å². The standard InChI is InChI=1S/C16H21ClN4O.ClH/c1-18-10-12-6-8-21(9-7-12)11-15-19-16(20-22-15)13-2-4-14(17)5-3-13;/h2-5,12,18H,6-11H2,1H3;1H. The van der Waals surface area contributed by atoms with E-state index in [4.69, 9.17) is 16.1 Å². The summed E-state index contributed by atoms with van der Waals surface area (Å²) in [5.74, 6) is 2.09. The minimum atomic E-state index is 0. The molecule has 7 heteroatoms. The molecule has 0 atom stereocenters. The second kappa shape index (κ2) is 8.64. The van der Waals surface area contributed by atoms with Crippen molar-refractivity contribution in [1.29, 1.82) is 0 Å². The van der Waals surface area contributed by atoms with Gasteiger partial charge in [-0.1, -0.05) is 16.8 Å². The van der Waals surface area contributed by atoms with Gasteiger partial charge in [-0.2, -0.15) is 4.98 Å². The molecule has 0 unspecified atom stereocenters. The van der Waals surface area contributed by atoms with Gasteiger partial charge in [0.2, 0.25) is 11.7 Å². The first kappa shape index (κ1) is 18.2. The largest absolute Gasteiger partial charge is 0.338 e. The van der Waals surface area contributed by atoms with Gasteiger partial charge in [-0.05, 0) is 69.7 Å². The zero-order chi connectivity index (χ0) is 15.4. The molecule has 3 rings (SSSR count). The van der Waals surface area contributed by atoms with E-state index in [0.29, 0.717) is 16.7 Å². The Bertz CT molecular complexity index is 594. The molecule has 0 aliphatic carbocycles. The van der Waals surface area contributed by atoms with Crippen molar-refractivity contribution in [3.63, 3.8) is 0 Å². The van der Waals surface area contributed by atoms with E-state index in [1.54, 1.807) is 0 Å². The molecule has 1 aromatic carbocycles. The zero-order valence-electron chi connectivity index (χ0n) is 13.2. The van der Waals surface area contributed by atoms with Gasteiger partial charge >= 0.3 is 0 Å². The van der Waals surface area contributed by atoms with E-state index >= 15 is 0 Å². The molecule has 0 spiro atoms. The fraction of sp³-hybridized carbons (Fsp3) is 0.500. The lowest BCUT2D eigenvalue weighted by Gasteiger charge is -2.30. The van der Waals surface area contributed by atoms with Crippen LogP contribution in [-0.4, -0.2) is 41.7 Å². The maximum absolute atomic E-state index is 5.89. The maximum Gasteiger partial charge on any atom is 0.241 e. The van der Waals surface area contributed by atoms with Crippen molar-refractivity contribution < 1.29 is 4.52 Å². The van der Waals surface area contributed by atoms with Crippen molar-refractivity contribution in [3.8, 4) is 11.4 Å². The third kappa shape index (κ3) is 4.91. The molecule has 126 valence electrons. The van der Waals surface area contributed by atoms with Crippen LogP contribution >= 0.6 is 24.0 Å². The summed E-state index contributed by atoms with van der Waals surface area (Å²) in [6.07, 6.45) is 2.44. The van der Waals surface area contributed by atoms with E-state index < -0.39 is 0 Å². The summed E-state index contributed by atoms with van der Waals surface area (Å²) < 4.78 is 5.38. The van der Waals surface area contributed by atoms with Gasteiger partial charge < -0.3 is 9.84 Å². The Hall–Kier alpha value is -1.14. The highest BCUT2D eigenvalue weighted by molar-refractivity contribution is 6.30. The summed E-state index contributed by atoms with van der Waals surface area (Å²) in [6.45, 7) is 4.01. The van der Waals surface area contributed by atoms with E-state index in [-0.39, 0.29) is 12.4 Å². The van der Waals surface area contributed by atoms with Gasteiger partial charge in [-0.15, -0.1) is 12.4 Å². The summed E-state index contributed by atoms with van der Waals surface area (Å²) in [5.41, 5.74) is 0.923. The molecule has 2 heterocycles. The van der Waals surface area contributed by atoms with Crippen LogP contribution in [0.5, 0.6) is 0 Å². The number of aromatic nitrogens is 2. The smallest absolute Gasteiger partial charge is 0.241 e. The number of halogens is 2. The number of rotatable bonds is 5. The van der Waals surface area contributed by atoms with Crippen LogP contribution in [0, 0.1) is 5.92 Å². The summed E-state index contributed by atoms with van der Waals surface area (Å²) in [6, 6.07) is 7.47. The lowest BCUT2D eigenvalue weighted by molar-refractivity contribution is 0.159. The molecule has 1 N–H and O–H groups in total. The van der Waals surface area contributed by atoms with E-state index in [2.05, 4.69) is 20.4 Å². The molecule has 2 aromatic rings. The molecule has 0 amide bonds. The molecule has 1 fully saturated rings. The maximum atomic E-state index is 5.89. The predicted octanol–water partition coefficient (Wildman–Crippen LogP) is 3.24. The van der Waals surface area contributed by atoms with Crippen LogP contribution in [0.1, 0.15) is 18.7 Å². The number of benzene rings is 1. The molecule has 1 saturated heterocycles. The average molecular weight is 357 g/mol. The van der Waals surface area contributed by atoms with Crippen molar-refractivity contribution in [1.82, 2.24) is 20.4 Å². The molecule has 23 heavy (non-hydrogen) atoms. The number of piperidine rings is 1. The molecule has 1 aliphatic rings. The van der Waals surface area contributed by atoms with E-state index in [9.17, 15) is 0 Å². The lowest BCUT2D eigenvalue weighted by Crippen LogP contribution is -2.36. The summed E-state index contributed by atoms with van der Waals surface area (Å²) in [4.78, 5) is 6.87. The fourth-order valence-electron chi connectivity index (χ4n) is 2.86. The highest BCUT2D eigenvalue weighted by atomic mass is 35.5. The molecular weight excluding hydrogens is 335 g/mol. The first-order chi connectivity index (χ1) is 10.7. The van der Waals surface area contributed by atoms with Crippen LogP contribution in [0.25, 0.3) is 11.4 Å². The second-order valence-electron chi connectivity index (χ2n) is 5.80. The van der Waals surface area contributed by atoms with Crippen molar-refractivity contribution in [2.75, 3.05) is 26.7 Å². The molecule has 1 aliphatic heterocycles. The molecule has 0 radical (unpaired) electrons. The quantitative estimate of drug-likeness (QED) is 0.890. The summed E-state index contributed by atoms with van der Waals surface area (Å²) in [5, 5.41) is 8.02. The normalized spacial score (nSPS) is 16.3.